The van der Waals surface area contributed by atoms with Crippen molar-refractivity contribution in [3.8, 4) is 0 Å². The summed E-state index contributed by atoms with van der Waals surface area (Å²) in [6.45, 7) is 7.87. The second-order valence-electron chi connectivity index (χ2n) is 3.07. The Morgan fingerprint density at radius 1 is 1.54 bits per heavy atom. The fourth-order valence-corrected chi connectivity index (χ4v) is 1.21. The Morgan fingerprint density at radius 2 is 2.23 bits per heavy atom. The molecule has 0 heterocycles. The van der Waals surface area contributed by atoms with E-state index in [9.17, 15) is 0 Å². The third kappa shape index (κ3) is 6.17. The van der Waals surface area contributed by atoms with E-state index >= 15 is 0 Å². The van der Waals surface area contributed by atoms with Crippen LogP contribution in [0.4, 0.5) is 0 Å². The first-order valence-corrected chi connectivity index (χ1v) is 4.63. The molecule has 0 aliphatic carbocycles. The van der Waals surface area contributed by atoms with Crippen molar-refractivity contribution in [2.75, 3.05) is 20.1 Å². The molecular weight excluding hydrogens is 160 g/mol. The lowest BCUT2D eigenvalue weighted by Crippen LogP contribution is -2.21. The van der Waals surface area contributed by atoms with Crippen LogP contribution in [-0.4, -0.2) is 25.0 Å². The highest BCUT2D eigenvalue weighted by atomic mass is 15.1. The van der Waals surface area contributed by atoms with Gasteiger partial charge in [-0.2, -0.15) is 0 Å². The van der Waals surface area contributed by atoms with Crippen molar-refractivity contribution in [1.82, 2.24) is 4.90 Å². The zero-order valence-corrected chi connectivity index (χ0v) is 8.66. The molecule has 0 aromatic rings. The van der Waals surface area contributed by atoms with Crippen LogP contribution in [0.1, 0.15) is 13.3 Å². The van der Waals surface area contributed by atoms with Gasteiger partial charge in [0.15, 0.2) is 0 Å². The number of rotatable bonds is 6. The summed E-state index contributed by atoms with van der Waals surface area (Å²) >= 11 is 0. The van der Waals surface area contributed by atoms with Gasteiger partial charge in [0, 0.05) is 6.54 Å². The molecule has 0 saturated carbocycles. The number of nitrogens with two attached hydrogens (primary N) is 1. The largest absolute Gasteiger partial charge is 0.405 e. The Hall–Kier alpha value is -1.02. The molecule has 0 unspecified atom stereocenters. The number of allylic oxidation sites excluding steroid dienone is 2. The molecular formula is C11H20N2. The highest BCUT2D eigenvalue weighted by molar-refractivity contribution is 5.23. The minimum absolute atomic E-state index is 0.924. The Balaban J connectivity index is 4.09. The number of nitrogens with zero attached hydrogens (tertiary/aromatic N) is 1. The van der Waals surface area contributed by atoms with Crippen molar-refractivity contribution in [1.29, 1.82) is 0 Å². The van der Waals surface area contributed by atoms with Gasteiger partial charge in [-0.15, -0.1) is 0 Å². The molecule has 0 atom stereocenters. The Labute approximate surface area is 81.4 Å². The molecule has 2 N–H and O–H groups in total. The maximum atomic E-state index is 5.34. The molecule has 74 valence electrons. The summed E-state index contributed by atoms with van der Waals surface area (Å²) in [6.07, 6.45) is 8.41. The van der Waals surface area contributed by atoms with Crippen molar-refractivity contribution >= 4 is 0 Å². The minimum Gasteiger partial charge on any atom is -0.405 e. The van der Waals surface area contributed by atoms with Crippen molar-refractivity contribution in [2.24, 2.45) is 5.73 Å². The van der Waals surface area contributed by atoms with Gasteiger partial charge >= 0.3 is 0 Å². The highest BCUT2D eigenvalue weighted by Crippen LogP contribution is 2.00. The summed E-state index contributed by atoms with van der Waals surface area (Å²) in [7, 11) is 2.10. The number of hydrogen-bond donors (Lipinski definition) is 1. The van der Waals surface area contributed by atoms with Crippen LogP contribution in [-0.2, 0) is 0 Å². The van der Waals surface area contributed by atoms with Gasteiger partial charge in [-0.25, -0.2) is 0 Å². The molecule has 0 aromatic carbocycles. The highest BCUT2D eigenvalue weighted by Gasteiger charge is 1.97. The zero-order chi connectivity index (χ0) is 10.1. The molecule has 0 aromatic heterocycles. The average molecular weight is 180 g/mol. The molecule has 0 bridgehead atoms. The molecule has 0 radical (unpaired) electrons. The van der Waals surface area contributed by atoms with Crippen LogP contribution < -0.4 is 5.73 Å². The summed E-state index contributed by atoms with van der Waals surface area (Å²) in [6, 6.07) is 0. The van der Waals surface area contributed by atoms with Gasteiger partial charge in [0.2, 0.25) is 0 Å². The normalized spacial score (nSPS) is 12.7. The number of hydrogen-bond acceptors (Lipinski definition) is 2. The van der Waals surface area contributed by atoms with Gasteiger partial charge in [0.25, 0.3) is 0 Å². The van der Waals surface area contributed by atoms with Crippen LogP contribution in [0.3, 0.4) is 0 Å². The first-order valence-electron chi connectivity index (χ1n) is 4.63. The Morgan fingerprint density at radius 3 is 2.69 bits per heavy atom. The Kier molecular flexibility index (Phi) is 7.02. The van der Waals surface area contributed by atoms with Gasteiger partial charge in [-0.3, -0.25) is 0 Å². The molecule has 0 saturated heterocycles. The van der Waals surface area contributed by atoms with Gasteiger partial charge in [-0.1, -0.05) is 25.7 Å². The lowest BCUT2D eigenvalue weighted by Gasteiger charge is -2.15. The van der Waals surface area contributed by atoms with Crippen molar-refractivity contribution < 1.29 is 0 Å². The SMILES string of the molecule is C=C/C=C(\C=C/N)CN(C)CCC. The smallest absolute Gasteiger partial charge is 0.0231 e. The summed E-state index contributed by atoms with van der Waals surface area (Å²) in [4.78, 5) is 2.26. The fraction of sp³-hybridized carbons (Fsp3) is 0.455. The zero-order valence-electron chi connectivity index (χ0n) is 8.66. The van der Waals surface area contributed by atoms with Gasteiger partial charge in [-0.05, 0) is 37.9 Å². The third-order valence-corrected chi connectivity index (χ3v) is 1.70. The van der Waals surface area contributed by atoms with Crippen molar-refractivity contribution in [2.45, 2.75) is 13.3 Å². The second kappa shape index (κ2) is 7.62. The lowest BCUT2D eigenvalue weighted by molar-refractivity contribution is 0.365. The monoisotopic (exact) mass is 180 g/mol. The third-order valence-electron chi connectivity index (χ3n) is 1.70. The average Bonchev–Trinajstić information content (AvgIpc) is 2.05. The molecule has 0 aliphatic rings. The molecule has 0 spiro atoms. The first-order chi connectivity index (χ1) is 6.24. The molecule has 13 heavy (non-hydrogen) atoms. The standard InChI is InChI=1S/C11H20N2/c1-4-6-11(7-8-12)10-13(3)9-5-2/h4,6-8H,1,5,9-10,12H2,2-3H3/b8-7-,11-6+. The van der Waals surface area contributed by atoms with Gasteiger partial charge in [0.1, 0.15) is 0 Å². The van der Waals surface area contributed by atoms with E-state index in [1.54, 1.807) is 12.3 Å². The van der Waals surface area contributed by atoms with E-state index in [1.807, 2.05) is 12.2 Å². The van der Waals surface area contributed by atoms with Crippen LogP contribution >= 0.6 is 0 Å². The van der Waals surface area contributed by atoms with Crippen LogP contribution in [0, 0.1) is 0 Å². The van der Waals surface area contributed by atoms with E-state index < -0.39 is 0 Å². The quantitative estimate of drug-likeness (QED) is 0.633. The van der Waals surface area contributed by atoms with Crippen LogP contribution in [0.15, 0.2) is 36.6 Å². The molecule has 0 fully saturated rings. The molecule has 2 heteroatoms. The molecule has 2 nitrogen and oxygen atoms in total. The van der Waals surface area contributed by atoms with E-state index in [0.29, 0.717) is 0 Å². The summed E-state index contributed by atoms with van der Waals surface area (Å²) in [5.74, 6) is 0. The maximum absolute atomic E-state index is 5.34. The minimum atomic E-state index is 0.924. The lowest BCUT2D eigenvalue weighted by atomic mass is 10.2. The van der Waals surface area contributed by atoms with Gasteiger partial charge in [0.05, 0.1) is 0 Å². The summed E-state index contributed by atoms with van der Waals surface area (Å²) < 4.78 is 0. The fourth-order valence-electron chi connectivity index (χ4n) is 1.21. The first kappa shape index (κ1) is 12.0. The van der Waals surface area contributed by atoms with Gasteiger partial charge < -0.3 is 10.6 Å². The molecule has 0 rings (SSSR count). The molecule has 0 amide bonds. The second-order valence-corrected chi connectivity index (χ2v) is 3.07. The Bertz CT molecular complexity index is 192. The van der Waals surface area contributed by atoms with E-state index in [4.69, 9.17) is 5.73 Å². The number of likely N-dealkylation sites (N-methyl/N-ethyl adjacent to an activating group) is 1. The summed E-state index contributed by atoms with van der Waals surface area (Å²) in [5, 5.41) is 0. The maximum Gasteiger partial charge on any atom is 0.0231 e. The molecule has 0 aliphatic heterocycles. The van der Waals surface area contributed by atoms with E-state index in [1.165, 1.54) is 12.0 Å². The van der Waals surface area contributed by atoms with E-state index in [2.05, 4.69) is 25.5 Å². The van der Waals surface area contributed by atoms with Crippen molar-refractivity contribution in [3.05, 3.63) is 36.6 Å². The van der Waals surface area contributed by atoms with Crippen LogP contribution in [0.25, 0.3) is 0 Å². The van der Waals surface area contributed by atoms with E-state index in [-0.39, 0.29) is 0 Å². The predicted molar refractivity (Wildman–Crippen MR) is 59.4 cm³/mol. The predicted octanol–water partition coefficient (Wildman–Crippen LogP) is 1.91. The topological polar surface area (TPSA) is 29.3 Å². The van der Waals surface area contributed by atoms with Crippen LogP contribution in [0.2, 0.25) is 0 Å². The van der Waals surface area contributed by atoms with Crippen LogP contribution in [0.5, 0.6) is 0 Å². The van der Waals surface area contributed by atoms with Crippen molar-refractivity contribution in [3.63, 3.8) is 0 Å². The summed E-state index contributed by atoms with van der Waals surface area (Å²) in [5.41, 5.74) is 6.52. The van der Waals surface area contributed by atoms with E-state index in [0.717, 1.165) is 13.1 Å².